The first-order valence-corrected chi connectivity index (χ1v) is 10.5. The maximum Gasteiger partial charge on any atom is 0.407 e. The summed E-state index contributed by atoms with van der Waals surface area (Å²) < 4.78 is 24.7. The van der Waals surface area contributed by atoms with Crippen molar-refractivity contribution in [3.63, 3.8) is 0 Å². The highest BCUT2D eigenvalue weighted by atomic mass is 19.1. The second-order valence-electron chi connectivity index (χ2n) is 8.76. The van der Waals surface area contributed by atoms with Gasteiger partial charge in [0.25, 0.3) is 5.91 Å². The molecule has 1 aromatic carbocycles. The fraction of sp³-hybridized carbons (Fsp3) is 0.565. The highest BCUT2D eigenvalue weighted by Gasteiger charge is 2.17. The van der Waals surface area contributed by atoms with Gasteiger partial charge in [0.05, 0.1) is 0 Å². The van der Waals surface area contributed by atoms with Crippen LogP contribution in [-0.4, -0.2) is 36.8 Å². The number of carbonyl (C=O) groups is 2. The lowest BCUT2D eigenvalue weighted by atomic mass is 9.95. The molecule has 0 aromatic heterocycles. The van der Waals surface area contributed by atoms with Crippen LogP contribution < -0.4 is 15.4 Å². The molecule has 1 fully saturated rings. The number of benzene rings is 1. The molecule has 2 amide bonds. The summed E-state index contributed by atoms with van der Waals surface area (Å²) in [4.78, 5) is 24.0. The number of amides is 2. The average molecular weight is 421 g/mol. The van der Waals surface area contributed by atoms with Crippen molar-refractivity contribution in [2.24, 2.45) is 0 Å². The van der Waals surface area contributed by atoms with E-state index in [0.29, 0.717) is 11.3 Å². The van der Waals surface area contributed by atoms with E-state index < -0.39 is 17.5 Å². The second-order valence-corrected chi connectivity index (χ2v) is 8.76. The lowest BCUT2D eigenvalue weighted by molar-refractivity contribution is 0.0927. The van der Waals surface area contributed by atoms with Crippen molar-refractivity contribution in [3.05, 3.63) is 41.2 Å². The molecule has 1 aliphatic carbocycles. The molecule has 30 heavy (non-hydrogen) atoms. The van der Waals surface area contributed by atoms with Crippen molar-refractivity contribution in [3.8, 4) is 5.75 Å². The molecule has 0 unspecified atom stereocenters. The molecule has 0 atom stereocenters. The van der Waals surface area contributed by atoms with Gasteiger partial charge in [-0.25, -0.2) is 9.18 Å². The molecule has 2 N–H and O–H groups in total. The molecule has 1 aliphatic rings. The van der Waals surface area contributed by atoms with Crippen molar-refractivity contribution in [2.75, 3.05) is 13.2 Å². The third kappa shape index (κ3) is 8.43. The number of halogens is 1. The van der Waals surface area contributed by atoms with Crippen LogP contribution >= 0.6 is 0 Å². The number of hydrogen-bond acceptors (Lipinski definition) is 4. The number of nitrogens with one attached hydrogen (secondary N) is 2. The second kappa shape index (κ2) is 11.0. The molecule has 2 rings (SSSR count). The number of ether oxygens (including phenoxy) is 2. The number of carbonyl (C=O) groups excluding carboxylic acids is 2. The minimum Gasteiger partial charge on any atom is -0.487 e. The first-order valence-electron chi connectivity index (χ1n) is 10.5. The molecule has 0 radical (unpaired) electrons. The zero-order valence-electron chi connectivity index (χ0n) is 18.3. The standard InChI is InChI=1S/C23H33FN2O4/c1-16(14-30-22(28)26-23(2,3)4)20(24)15-29-19-12-10-17(11-13-19)21(27)25-18-8-6-5-7-9-18/h10-13,18H,5-9,14-15H2,1-4H3,(H,25,27)(H,26,28)/b20-16+. The normalized spacial score (nSPS) is 15.8. The summed E-state index contributed by atoms with van der Waals surface area (Å²) in [6, 6.07) is 6.87. The van der Waals surface area contributed by atoms with Crippen molar-refractivity contribution < 1.29 is 23.5 Å². The molecule has 0 saturated heterocycles. The summed E-state index contributed by atoms with van der Waals surface area (Å²) in [6.07, 6.45) is 5.00. The SMILES string of the molecule is C/C(COC(=O)NC(C)(C)C)=C(\F)COc1ccc(C(=O)NC2CCCCC2)cc1. The van der Waals surface area contributed by atoms with Gasteiger partial charge in [0.2, 0.25) is 0 Å². The Kier molecular flexibility index (Phi) is 8.69. The van der Waals surface area contributed by atoms with Crippen molar-refractivity contribution in [2.45, 2.75) is 71.4 Å². The topological polar surface area (TPSA) is 76.7 Å². The quantitative estimate of drug-likeness (QED) is 0.658. The average Bonchev–Trinajstić information content (AvgIpc) is 2.70. The van der Waals surface area contributed by atoms with Gasteiger partial charge in [-0.1, -0.05) is 19.3 Å². The fourth-order valence-electron chi connectivity index (χ4n) is 3.08. The minimum absolute atomic E-state index is 0.0962. The van der Waals surface area contributed by atoms with Crippen molar-refractivity contribution in [1.29, 1.82) is 0 Å². The van der Waals surface area contributed by atoms with E-state index in [-0.39, 0.29) is 30.7 Å². The van der Waals surface area contributed by atoms with E-state index in [1.165, 1.54) is 6.42 Å². The van der Waals surface area contributed by atoms with Gasteiger partial charge >= 0.3 is 6.09 Å². The minimum atomic E-state index is -0.599. The summed E-state index contributed by atoms with van der Waals surface area (Å²) in [5, 5.41) is 5.70. The Hall–Kier alpha value is -2.57. The number of hydrogen-bond donors (Lipinski definition) is 2. The van der Waals surface area contributed by atoms with E-state index in [4.69, 9.17) is 9.47 Å². The Morgan fingerprint density at radius 2 is 1.70 bits per heavy atom. The van der Waals surface area contributed by atoms with Crippen LogP contribution in [0, 0.1) is 0 Å². The molecule has 0 aliphatic heterocycles. The van der Waals surface area contributed by atoms with Crippen LogP contribution in [-0.2, 0) is 4.74 Å². The van der Waals surface area contributed by atoms with Crippen molar-refractivity contribution in [1.82, 2.24) is 10.6 Å². The zero-order valence-corrected chi connectivity index (χ0v) is 18.3. The molecule has 1 aromatic rings. The largest absolute Gasteiger partial charge is 0.487 e. The lowest BCUT2D eigenvalue weighted by Gasteiger charge is -2.22. The molecular formula is C23H33FN2O4. The number of alkyl carbamates (subject to hydrolysis) is 1. The van der Waals surface area contributed by atoms with Crippen LogP contribution in [0.1, 0.15) is 70.2 Å². The lowest BCUT2D eigenvalue weighted by Crippen LogP contribution is -2.41. The van der Waals surface area contributed by atoms with Crippen LogP contribution in [0.3, 0.4) is 0 Å². The molecule has 0 bridgehead atoms. The molecule has 1 saturated carbocycles. The molecule has 7 heteroatoms. The van der Waals surface area contributed by atoms with Crippen LogP contribution in [0.4, 0.5) is 9.18 Å². The smallest absolute Gasteiger partial charge is 0.407 e. The van der Waals surface area contributed by atoms with Gasteiger partial charge in [-0.3, -0.25) is 4.79 Å². The van der Waals surface area contributed by atoms with Gasteiger partial charge in [-0.05, 0) is 70.4 Å². The van der Waals surface area contributed by atoms with Gasteiger partial charge in [0.1, 0.15) is 24.8 Å². The van der Waals surface area contributed by atoms with E-state index in [0.717, 1.165) is 25.7 Å². The molecule has 6 nitrogen and oxygen atoms in total. The van der Waals surface area contributed by atoms with E-state index in [9.17, 15) is 14.0 Å². The van der Waals surface area contributed by atoms with Gasteiger partial charge in [-0.2, -0.15) is 0 Å². The molecular weight excluding hydrogens is 387 g/mol. The predicted octanol–water partition coefficient (Wildman–Crippen LogP) is 4.90. The first-order chi connectivity index (χ1) is 14.1. The summed E-state index contributed by atoms with van der Waals surface area (Å²) in [5.41, 5.74) is 0.413. The number of rotatable bonds is 7. The Morgan fingerprint density at radius 3 is 2.30 bits per heavy atom. The van der Waals surface area contributed by atoms with Gasteiger partial charge < -0.3 is 20.1 Å². The van der Waals surface area contributed by atoms with Crippen LogP contribution in [0.2, 0.25) is 0 Å². The third-order valence-electron chi connectivity index (χ3n) is 4.78. The van der Waals surface area contributed by atoms with Gasteiger partial charge in [0.15, 0.2) is 0 Å². The van der Waals surface area contributed by atoms with E-state index in [2.05, 4.69) is 10.6 Å². The third-order valence-corrected chi connectivity index (χ3v) is 4.78. The van der Waals surface area contributed by atoms with E-state index in [1.54, 1.807) is 31.2 Å². The first kappa shape index (κ1) is 23.7. The maximum absolute atomic E-state index is 14.2. The van der Waals surface area contributed by atoms with Crippen LogP contribution in [0.5, 0.6) is 5.75 Å². The molecule has 0 spiro atoms. The summed E-state index contributed by atoms with van der Waals surface area (Å²) in [6.45, 7) is 6.60. The van der Waals surface area contributed by atoms with E-state index >= 15 is 0 Å². The zero-order chi connectivity index (χ0) is 22.1. The summed E-state index contributed by atoms with van der Waals surface area (Å²) >= 11 is 0. The Balaban J connectivity index is 1.79. The highest BCUT2D eigenvalue weighted by Crippen LogP contribution is 2.19. The van der Waals surface area contributed by atoms with Gasteiger partial charge in [0, 0.05) is 17.1 Å². The monoisotopic (exact) mass is 420 g/mol. The van der Waals surface area contributed by atoms with Crippen LogP contribution in [0.15, 0.2) is 35.7 Å². The fourth-order valence-corrected chi connectivity index (χ4v) is 3.08. The molecule has 0 heterocycles. The van der Waals surface area contributed by atoms with Crippen molar-refractivity contribution >= 4 is 12.0 Å². The highest BCUT2D eigenvalue weighted by molar-refractivity contribution is 5.94. The Morgan fingerprint density at radius 1 is 1.07 bits per heavy atom. The van der Waals surface area contributed by atoms with Gasteiger partial charge in [-0.15, -0.1) is 0 Å². The summed E-state index contributed by atoms with van der Waals surface area (Å²) in [7, 11) is 0. The van der Waals surface area contributed by atoms with E-state index in [1.807, 2.05) is 20.8 Å². The Bertz CT molecular complexity index is 747. The van der Waals surface area contributed by atoms with Crippen LogP contribution in [0.25, 0.3) is 0 Å². The maximum atomic E-state index is 14.2. The predicted molar refractivity (Wildman–Crippen MR) is 114 cm³/mol. The summed E-state index contributed by atoms with van der Waals surface area (Å²) in [5.74, 6) is -0.141. The molecule has 166 valence electrons. The Labute approximate surface area is 178 Å².